The number of fused-ring (bicyclic) bond motifs is 1. The van der Waals surface area contributed by atoms with Crippen molar-refractivity contribution in [2.24, 2.45) is 0 Å². The summed E-state index contributed by atoms with van der Waals surface area (Å²) in [7, 11) is 0. The highest BCUT2D eigenvalue weighted by Crippen LogP contribution is 2.34. The third-order valence-corrected chi connectivity index (χ3v) is 3.74. The molecule has 0 atom stereocenters. The van der Waals surface area contributed by atoms with E-state index in [0.29, 0.717) is 28.8 Å². The van der Waals surface area contributed by atoms with E-state index >= 15 is 0 Å². The molecule has 2 aromatic carbocycles. The van der Waals surface area contributed by atoms with E-state index in [4.69, 9.17) is 21.1 Å². The minimum Gasteiger partial charge on any atom is -0.454 e. The molecular weight excluding hydrogens is 342 g/mol. The van der Waals surface area contributed by atoms with E-state index in [2.05, 4.69) is 10.6 Å². The second-order valence-corrected chi connectivity index (χ2v) is 5.63. The summed E-state index contributed by atoms with van der Waals surface area (Å²) in [5.74, 6) is 0.811. The second-order valence-electron chi connectivity index (χ2n) is 5.19. The smallest absolute Gasteiger partial charge is 0.263 e. The first-order valence-electron chi connectivity index (χ1n) is 7.45. The van der Waals surface area contributed by atoms with Crippen LogP contribution in [0.2, 0.25) is 5.02 Å². The zero-order valence-corrected chi connectivity index (χ0v) is 13.8. The van der Waals surface area contributed by atoms with E-state index in [-0.39, 0.29) is 12.4 Å². The van der Waals surface area contributed by atoms with Crippen molar-refractivity contribution in [2.45, 2.75) is 6.54 Å². The van der Waals surface area contributed by atoms with Crippen molar-refractivity contribution in [1.82, 2.24) is 5.32 Å². The number of ether oxygens (including phenoxy) is 2. The van der Waals surface area contributed by atoms with Crippen molar-refractivity contribution in [2.75, 3.05) is 12.1 Å². The van der Waals surface area contributed by atoms with Gasteiger partial charge < -0.3 is 20.1 Å². The van der Waals surface area contributed by atoms with Crippen LogP contribution in [0.5, 0.6) is 11.5 Å². The number of halogens is 1. The number of anilines is 1. The van der Waals surface area contributed by atoms with Gasteiger partial charge in [0.15, 0.2) is 11.5 Å². The number of amides is 1. The van der Waals surface area contributed by atoms with Crippen molar-refractivity contribution >= 4 is 23.2 Å². The van der Waals surface area contributed by atoms with Crippen LogP contribution in [-0.2, 0) is 11.3 Å². The molecule has 1 aliphatic rings. The monoisotopic (exact) mass is 355 g/mol. The lowest BCUT2D eigenvalue weighted by Crippen LogP contribution is -2.24. The molecule has 1 aliphatic heterocycles. The predicted octanol–water partition coefficient (Wildman–Crippen LogP) is 3.20. The van der Waals surface area contributed by atoms with Crippen molar-refractivity contribution in [1.29, 1.82) is 5.26 Å². The van der Waals surface area contributed by atoms with Gasteiger partial charge in [-0.2, -0.15) is 5.26 Å². The average Bonchev–Trinajstić information content (AvgIpc) is 3.09. The number of nitrogens with one attached hydrogen (secondary N) is 2. The Morgan fingerprint density at radius 3 is 2.72 bits per heavy atom. The second kappa shape index (κ2) is 7.60. The van der Waals surface area contributed by atoms with E-state index in [1.165, 1.54) is 6.20 Å². The predicted molar refractivity (Wildman–Crippen MR) is 93.2 cm³/mol. The maximum Gasteiger partial charge on any atom is 0.263 e. The SMILES string of the molecule is N#C/C(=C/Nc1ccc2c(c1)OCO2)C(=O)NCc1ccc(Cl)cc1. The van der Waals surface area contributed by atoms with Crippen LogP contribution in [0.3, 0.4) is 0 Å². The van der Waals surface area contributed by atoms with Crippen LogP contribution in [0.15, 0.2) is 54.2 Å². The van der Waals surface area contributed by atoms with Crippen molar-refractivity contribution in [3.8, 4) is 17.6 Å². The Labute approximate surface area is 149 Å². The first-order chi connectivity index (χ1) is 12.2. The average molecular weight is 356 g/mol. The summed E-state index contributed by atoms with van der Waals surface area (Å²) >= 11 is 5.82. The fourth-order valence-electron chi connectivity index (χ4n) is 2.17. The van der Waals surface area contributed by atoms with Crippen LogP contribution < -0.4 is 20.1 Å². The molecule has 0 radical (unpaired) electrons. The van der Waals surface area contributed by atoms with Crippen molar-refractivity contribution < 1.29 is 14.3 Å². The number of rotatable bonds is 5. The van der Waals surface area contributed by atoms with Crippen LogP contribution in [-0.4, -0.2) is 12.7 Å². The first kappa shape index (κ1) is 16.7. The maximum atomic E-state index is 12.1. The number of hydrogen-bond acceptors (Lipinski definition) is 5. The van der Waals surface area contributed by atoms with Crippen LogP contribution in [0.4, 0.5) is 5.69 Å². The fraction of sp³-hybridized carbons (Fsp3) is 0.111. The summed E-state index contributed by atoms with van der Waals surface area (Å²) in [5.41, 5.74) is 1.54. The van der Waals surface area contributed by atoms with E-state index in [0.717, 1.165) is 5.56 Å². The Kier molecular flexibility index (Phi) is 5.07. The molecule has 0 saturated heterocycles. The largest absolute Gasteiger partial charge is 0.454 e. The van der Waals surface area contributed by atoms with E-state index in [1.807, 2.05) is 18.2 Å². The molecule has 0 fully saturated rings. The lowest BCUT2D eigenvalue weighted by Gasteiger charge is -2.06. The molecular formula is C18H14ClN3O3. The molecule has 0 bridgehead atoms. The molecule has 1 amide bonds. The molecule has 0 aliphatic carbocycles. The lowest BCUT2D eigenvalue weighted by molar-refractivity contribution is -0.117. The highest BCUT2D eigenvalue weighted by Gasteiger charge is 2.13. The third-order valence-electron chi connectivity index (χ3n) is 3.49. The van der Waals surface area contributed by atoms with Crippen LogP contribution in [0.1, 0.15) is 5.56 Å². The van der Waals surface area contributed by atoms with Gasteiger partial charge in [0.05, 0.1) is 0 Å². The molecule has 0 aromatic heterocycles. The molecule has 25 heavy (non-hydrogen) atoms. The molecule has 0 saturated carbocycles. The van der Waals surface area contributed by atoms with E-state index in [1.54, 1.807) is 30.3 Å². The van der Waals surface area contributed by atoms with Crippen LogP contribution >= 0.6 is 11.6 Å². The van der Waals surface area contributed by atoms with Gasteiger partial charge in [-0.1, -0.05) is 23.7 Å². The van der Waals surface area contributed by atoms with Crippen LogP contribution in [0, 0.1) is 11.3 Å². The van der Waals surface area contributed by atoms with Crippen molar-refractivity contribution in [3.63, 3.8) is 0 Å². The van der Waals surface area contributed by atoms with Gasteiger partial charge in [-0.25, -0.2) is 0 Å². The molecule has 7 heteroatoms. The summed E-state index contributed by atoms with van der Waals surface area (Å²) < 4.78 is 10.5. The number of nitriles is 1. The zero-order chi connectivity index (χ0) is 17.6. The van der Waals surface area contributed by atoms with Gasteiger partial charge in [-0.3, -0.25) is 4.79 Å². The standard InChI is InChI=1S/C18H14ClN3O3/c19-14-3-1-12(2-4-14)9-22-18(23)13(8-20)10-21-15-5-6-16-17(7-15)25-11-24-16/h1-7,10,21H,9,11H2,(H,22,23)/b13-10-. The summed E-state index contributed by atoms with van der Waals surface area (Å²) in [4.78, 5) is 12.1. The first-order valence-corrected chi connectivity index (χ1v) is 7.82. The maximum absolute atomic E-state index is 12.1. The fourth-order valence-corrected chi connectivity index (χ4v) is 2.30. The molecule has 126 valence electrons. The summed E-state index contributed by atoms with van der Waals surface area (Å²) in [6, 6.07) is 14.2. The minimum atomic E-state index is -0.467. The Hall–Kier alpha value is -3.17. The lowest BCUT2D eigenvalue weighted by atomic mass is 10.2. The molecule has 3 rings (SSSR count). The normalized spacial score (nSPS) is 12.4. The van der Waals surface area contributed by atoms with Crippen molar-refractivity contribution in [3.05, 3.63) is 64.8 Å². The Bertz CT molecular complexity index is 857. The quantitative estimate of drug-likeness (QED) is 0.635. The van der Waals surface area contributed by atoms with E-state index in [9.17, 15) is 10.1 Å². The van der Waals surface area contributed by atoms with Gasteiger partial charge in [0.1, 0.15) is 11.6 Å². The molecule has 1 heterocycles. The highest BCUT2D eigenvalue weighted by molar-refractivity contribution is 6.30. The third kappa shape index (κ3) is 4.22. The van der Waals surface area contributed by atoms with Gasteiger partial charge in [0.2, 0.25) is 6.79 Å². The van der Waals surface area contributed by atoms with Gasteiger partial charge in [0.25, 0.3) is 5.91 Å². The Balaban J connectivity index is 1.60. The summed E-state index contributed by atoms with van der Waals surface area (Å²) in [6.07, 6.45) is 1.36. The van der Waals surface area contributed by atoms with Crippen LogP contribution in [0.25, 0.3) is 0 Å². The Morgan fingerprint density at radius 2 is 1.96 bits per heavy atom. The summed E-state index contributed by atoms with van der Waals surface area (Å²) in [6.45, 7) is 0.490. The Morgan fingerprint density at radius 1 is 1.20 bits per heavy atom. The molecule has 2 aromatic rings. The number of benzene rings is 2. The molecule has 0 unspecified atom stereocenters. The van der Waals surface area contributed by atoms with E-state index < -0.39 is 5.91 Å². The highest BCUT2D eigenvalue weighted by atomic mass is 35.5. The number of carbonyl (C=O) groups excluding carboxylic acids is 1. The topological polar surface area (TPSA) is 83.4 Å². The van der Waals surface area contributed by atoms with Gasteiger partial charge >= 0.3 is 0 Å². The van der Waals surface area contributed by atoms with Gasteiger partial charge in [-0.05, 0) is 29.8 Å². The van der Waals surface area contributed by atoms with Gasteiger partial charge in [-0.15, -0.1) is 0 Å². The number of nitrogens with zero attached hydrogens (tertiary/aromatic N) is 1. The minimum absolute atomic E-state index is 0.0355. The van der Waals surface area contributed by atoms with Gasteiger partial charge in [0, 0.05) is 29.5 Å². The molecule has 0 spiro atoms. The number of hydrogen-bond donors (Lipinski definition) is 2. The summed E-state index contributed by atoms with van der Waals surface area (Å²) in [5, 5.41) is 15.4. The zero-order valence-electron chi connectivity index (χ0n) is 13.1. The molecule has 6 nitrogen and oxygen atoms in total. The number of carbonyl (C=O) groups is 1. The molecule has 2 N–H and O–H groups in total.